The molecule has 0 radical (unpaired) electrons. The third-order valence-electron chi connectivity index (χ3n) is 10.3. The monoisotopic (exact) mass is 729 g/mol. The number of nitriles is 1. The molecule has 1 N–H and O–H groups in total. The molecule has 3 rings (SSSR count). The number of nitrogens with one attached hydrogen (secondary N) is 1. The normalized spacial score (nSPS) is 13.4. The van der Waals surface area contributed by atoms with Crippen molar-refractivity contribution in [2.24, 2.45) is 0 Å². The van der Waals surface area contributed by atoms with Gasteiger partial charge in [-0.05, 0) is 96.1 Å². The average molecular weight is 730 g/mol. The van der Waals surface area contributed by atoms with Crippen LogP contribution in [0.3, 0.4) is 0 Å². The molecule has 1 aliphatic heterocycles. The number of piperazine rings is 1. The molecule has 0 aromatic heterocycles. The highest BCUT2D eigenvalue weighted by molar-refractivity contribution is 5.94. The van der Waals surface area contributed by atoms with Crippen molar-refractivity contribution in [1.29, 1.82) is 5.26 Å². The summed E-state index contributed by atoms with van der Waals surface area (Å²) in [6.45, 7) is 13.6. The Kier molecular flexibility index (Phi) is 19.0. The highest BCUT2D eigenvalue weighted by atomic mass is 16.5. The molecule has 1 saturated heterocycles. The Hall–Kier alpha value is -4.29. The van der Waals surface area contributed by atoms with E-state index in [4.69, 9.17) is 21.2 Å². The minimum Gasteiger partial charge on any atom is -0.495 e. The predicted octanol–water partition coefficient (Wildman–Crippen LogP) is 4.98. The Morgan fingerprint density at radius 3 is 2.28 bits per heavy atom. The molecular weight excluding hydrogens is 667 g/mol. The lowest BCUT2D eigenvalue weighted by Gasteiger charge is -2.37. The second kappa shape index (κ2) is 23.4. The van der Waals surface area contributed by atoms with E-state index in [1.54, 1.807) is 36.3 Å². The second-order valence-electron chi connectivity index (χ2n) is 14.4. The molecule has 53 heavy (non-hydrogen) atoms. The van der Waals surface area contributed by atoms with Crippen molar-refractivity contribution in [3.05, 3.63) is 54.1 Å². The van der Waals surface area contributed by atoms with Gasteiger partial charge < -0.3 is 29.5 Å². The molecule has 0 spiro atoms. The van der Waals surface area contributed by atoms with Crippen LogP contribution in [-0.2, 0) is 4.79 Å². The zero-order valence-electron chi connectivity index (χ0n) is 32.9. The molecule has 1 aliphatic rings. The zero-order chi connectivity index (χ0) is 38.5. The van der Waals surface area contributed by atoms with E-state index in [0.717, 1.165) is 109 Å². The Morgan fingerprint density at radius 1 is 0.887 bits per heavy atom. The van der Waals surface area contributed by atoms with Crippen LogP contribution in [0.5, 0.6) is 11.5 Å². The van der Waals surface area contributed by atoms with Gasteiger partial charge >= 0.3 is 0 Å². The number of carbonyl (C=O) groups is 2. The standard InChI is InChI=1S/C42H63N7O4/c1-7-35-53-37-21-19-36(20-22-37)40(50)45(4)27-29-47(30-28-46(5)42(2,3)41(51)44-24-14-10-8-9-13-23-43)25-15-16-26-48-31-33-49(34-32-48)38-17-11-12-18-39(38)52-6/h1,11-12,17-22H,8-10,13-16,24-35H2,2-6H3,(H,44,51). The third-order valence-corrected chi connectivity index (χ3v) is 10.3. The summed E-state index contributed by atoms with van der Waals surface area (Å²) in [5.74, 6) is 4.00. The number of carbonyl (C=O) groups excluding carboxylic acids is 2. The van der Waals surface area contributed by atoms with Crippen LogP contribution in [0.2, 0.25) is 0 Å². The van der Waals surface area contributed by atoms with E-state index in [-0.39, 0.29) is 18.4 Å². The van der Waals surface area contributed by atoms with Crippen molar-refractivity contribution in [2.45, 2.75) is 64.3 Å². The van der Waals surface area contributed by atoms with Gasteiger partial charge in [0.25, 0.3) is 5.91 Å². The van der Waals surface area contributed by atoms with E-state index >= 15 is 0 Å². The second-order valence-corrected chi connectivity index (χ2v) is 14.4. The van der Waals surface area contributed by atoms with Gasteiger partial charge in [0.05, 0.1) is 24.4 Å². The predicted molar refractivity (Wildman–Crippen MR) is 213 cm³/mol. The van der Waals surface area contributed by atoms with Gasteiger partial charge in [-0.3, -0.25) is 19.4 Å². The van der Waals surface area contributed by atoms with E-state index in [0.29, 0.717) is 30.8 Å². The molecule has 290 valence electrons. The topological polar surface area (TPSA) is 105 Å². The van der Waals surface area contributed by atoms with Crippen LogP contribution in [0, 0.1) is 23.7 Å². The van der Waals surface area contributed by atoms with Crippen LogP contribution in [0.15, 0.2) is 48.5 Å². The molecule has 11 heteroatoms. The number of hydrogen-bond donors (Lipinski definition) is 1. The van der Waals surface area contributed by atoms with Gasteiger partial charge in [0.1, 0.15) is 18.1 Å². The van der Waals surface area contributed by atoms with E-state index in [1.807, 2.05) is 40.1 Å². The fraction of sp³-hybridized carbons (Fsp3) is 0.595. The summed E-state index contributed by atoms with van der Waals surface area (Å²) in [6.07, 6.45) is 11.9. The van der Waals surface area contributed by atoms with E-state index < -0.39 is 5.54 Å². The van der Waals surface area contributed by atoms with E-state index in [1.165, 1.54) is 0 Å². The van der Waals surface area contributed by atoms with Crippen molar-refractivity contribution >= 4 is 17.5 Å². The number of nitrogens with zero attached hydrogens (tertiary/aromatic N) is 6. The van der Waals surface area contributed by atoms with Crippen LogP contribution in [0.1, 0.15) is 69.2 Å². The summed E-state index contributed by atoms with van der Waals surface area (Å²) < 4.78 is 11.0. The first-order valence-electron chi connectivity index (χ1n) is 19.2. The number of hydrogen-bond acceptors (Lipinski definition) is 9. The van der Waals surface area contributed by atoms with Crippen molar-refractivity contribution in [2.75, 3.05) is 105 Å². The number of rotatable bonds is 24. The summed E-state index contributed by atoms with van der Waals surface area (Å²) in [5, 5.41) is 11.8. The summed E-state index contributed by atoms with van der Waals surface area (Å²) in [4.78, 5) is 37.7. The molecule has 11 nitrogen and oxygen atoms in total. The lowest BCUT2D eigenvalue weighted by Crippen LogP contribution is -2.55. The minimum atomic E-state index is -0.665. The zero-order valence-corrected chi connectivity index (χ0v) is 32.9. The summed E-state index contributed by atoms with van der Waals surface area (Å²) in [6, 6.07) is 17.5. The van der Waals surface area contributed by atoms with Gasteiger partial charge in [0.2, 0.25) is 5.91 Å². The maximum Gasteiger partial charge on any atom is 0.253 e. The van der Waals surface area contributed by atoms with Crippen molar-refractivity contribution in [1.82, 2.24) is 24.9 Å². The molecule has 0 saturated carbocycles. The molecule has 0 bridgehead atoms. The first kappa shape index (κ1) is 43.1. The number of anilines is 1. The fourth-order valence-corrected chi connectivity index (χ4v) is 6.39. The lowest BCUT2D eigenvalue weighted by molar-refractivity contribution is -0.131. The van der Waals surface area contributed by atoms with Crippen molar-refractivity contribution < 1.29 is 19.1 Å². The number of benzene rings is 2. The van der Waals surface area contributed by atoms with E-state index in [2.05, 4.69) is 49.0 Å². The summed E-state index contributed by atoms with van der Waals surface area (Å²) in [5.41, 5.74) is 1.10. The van der Waals surface area contributed by atoms with Gasteiger partial charge in [-0.1, -0.05) is 30.9 Å². The Morgan fingerprint density at radius 2 is 1.58 bits per heavy atom. The number of unbranched alkanes of at least 4 members (excludes halogenated alkanes) is 5. The van der Waals surface area contributed by atoms with Gasteiger partial charge in [-0.15, -0.1) is 6.42 Å². The van der Waals surface area contributed by atoms with Gasteiger partial charge in [0, 0.05) is 77.9 Å². The largest absolute Gasteiger partial charge is 0.495 e. The maximum absolute atomic E-state index is 13.3. The number of likely N-dealkylation sites (N-methyl/N-ethyl adjacent to an activating group) is 2. The molecule has 2 aromatic rings. The van der Waals surface area contributed by atoms with E-state index in [9.17, 15) is 9.59 Å². The molecule has 0 unspecified atom stereocenters. The molecule has 2 aromatic carbocycles. The molecule has 2 amide bonds. The first-order chi connectivity index (χ1) is 25.6. The number of para-hydroxylation sites is 2. The highest BCUT2D eigenvalue weighted by Crippen LogP contribution is 2.28. The summed E-state index contributed by atoms with van der Waals surface area (Å²) >= 11 is 0. The van der Waals surface area contributed by atoms with Crippen LogP contribution in [0.25, 0.3) is 0 Å². The quantitative estimate of drug-likeness (QED) is 0.118. The number of terminal acetylenes is 1. The first-order valence-corrected chi connectivity index (χ1v) is 19.2. The van der Waals surface area contributed by atoms with Crippen molar-refractivity contribution in [3.8, 4) is 29.9 Å². The Labute approximate surface area is 319 Å². The van der Waals surface area contributed by atoms with Gasteiger partial charge in [0.15, 0.2) is 0 Å². The molecule has 0 aliphatic carbocycles. The van der Waals surface area contributed by atoms with Crippen molar-refractivity contribution in [3.63, 3.8) is 0 Å². The Bertz CT molecular complexity index is 1460. The number of methoxy groups -OCH3 is 1. The van der Waals surface area contributed by atoms with Crippen LogP contribution < -0.4 is 19.7 Å². The summed E-state index contributed by atoms with van der Waals surface area (Å²) in [7, 11) is 5.58. The van der Waals surface area contributed by atoms with Gasteiger partial charge in [-0.2, -0.15) is 5.26 Å². The highest BCUT2D eigenvalue weighted by Gasteiger charge is 2.32. The SMILES string of the molecule is C#CCOc1ccc(C(=O)N(C)CCN(CCCCN2CCN(c3ccccc3OC)CC2)CCN(C)C(C)(C)C(=O)NCCCCCCC#N)cc1. The molecule has 1 heterocycles. The minimum absolute atomic E-state index is 0.0235. The maximum atomic E-state index is 13.3. The van der Waals surface area contributed by atoms with Crippen LogP contribution in [-0.4, -0.2) is 137 Å². The number of amides is 2. The van der Waals surface area contributed by atoms with Crippen LogP contribution in [0.4, 0.5) is 5.69 Å². The fourth-order valence-electron chi connectivity index (χ4n) is 6.39. The van der Waals surface area contributed by atoms with Gasteiger partial charge in [-0.25, -0.2) is 0 Å². The third kappa shape index (κ3) is 14.6. The molecule has 1 fully saturated rings. The molecule has 0 atom stereocenters. The smallest absolute Gasteiger partial charge is 0.253 e. The molecular formula is C42H63N7O4. The Balaban J connectivity index is 1.51. The average Bonchev–Trinajstić information content (AvgIpc) is 3.18. The number of ether oxygens (including phenoxy) is 2. The van der Waals surface area contributed by atoms with Crippen LogP contribution >= 0.6 is 0 Å². The lowest BCUT2D eigenvalue weighted by atomic mass is 10.0.